The van der Waals surface area contributed by atoms with E-state index in [1.807, 2.05) is 37.3 Å². The Morgan fingerprint density at radius 2 is 1.96 bits per heavy atom. The van der Waals surface area contributed by atoms with E-state index in [2.05, 4.69) is 10.3 Å². The Hall–Kier alpha value is -2.89. The molecule has 0 aliphatic rings. The van der Waals surface area contributed by atoms with Crippen molar-refractivity contribution in [3.63, 3.8) is 0 Å². The highest BCUT2D eigenvalue weighted by molar-refractivity contribution is 5.91. The van der Waals surface area contributed by atoms with Crippen molar-refractivity contribution in [2.75, 3.05) is 0 Å². The van der Waals surface area contributed by atoms with Crippen LogP contribution < -0.4 is 0 Å². The van der Waals surface area contributed by atoms with Crippen molar-refractivity contribution in [3.05, 3.63) is 59.1 Å². The maximum atomic E-state index is 12.2. The molecule has 2 aromatic heterocycles. The fourth-order valence-electron chi connectivity index (χ4n) is 2.25. The first-order chi connectivity index (χ1) is 11.2. The van der Waals surface area contributed by atoms with Crippen molar-refractivity contribution >= 4 is 5.97 Å². The molecule has 23 heavy (non-hydrogen) atoms. The summed E-state index contributed by atoms with van der Waals surface area (Å²) in [5, 5.41) is 7.76. The SMILES string of the molecule is CCc1noc(C)c1C(=O)OCc1cc(-c2ccccc2)on1. The van der Waals surface area contributed by atoms with E-state index in [-0.39, 0.29) is 6.61 Å². The van der Waals surface area contributed by atoms with Gasteiger partial charge in [-0.15, -0.1) is 0 Å². The molecule has 0 atom stereocenters. The monoisotopic (exact) mass is 312 g/mol. The standard InChI is InChI=1S/C17H16N2O4/c1-3-14-16(11(2)22-19-14)17(20)21-10-13-9-15(23-18-13)12-7-5-4-6-8-12/h4-9H,3,10H2,1-2H3. The molecule has 3 rings (SSSR count). The summed E-state index contributed by atoms with van der Waals surface area (Å²) < 4.78 is 15.6. The largest absolute Gasteiger partial charge is 0.455 e. The van der Waals surface area contributed by atoms with E-state index in [1.54, 1.807) is 13.0 Å². The molecule has 6 heteroatoms. The topological polar surface area (TPSA) is 78.4 Å². The molecule has 0 aliphatic carbocycles. The minimum atomic E-state index is -0.468. The highest BCUT2D eigenvalue weighted by Gasteiger charge is 2.21. The molecule has 2 heterocycles. The summed E-state index contributed by atoms with van der Waals surface area (Å²) in [6, 6.07) is 11.4. The van der Waals surface area contributed by atoms with Gasteiger partial charge in [0.1, 0.15) is 23.6 Å². The number of aryl methyl sites for hydroxylation is 2. The summed E-state index contributed by atoms with van der Waals surface area (Å²) >= 11 is 0. The van der Waals surface area contributed by atoms with E-state index >= 15 is 0 Å². The van der Waals surface area contributed by atoms with Crippen LogP contribution in [0, 0.1) is 6.92 Å². The van der Waals surface area contributed by atoms with Crippen molar-refractivity contribution < 1.29 is 18.6 Å². The molecule has 118 valence electrons. The molecule has 0 saturated heterocycles. The first-order valence-electron chi connectivity index (χ1n) is 7.32. The van der Waals surface area contributed by atoms with Gasteiger partial charge in [0.15, 0.2) is 5.76 Å². The van der Waals surface area contributed by atoms with Gasteiger partial charge in [0.05, 0.1) is 5.69 Å². The smallest absolute Gasteiger partial charge is 0.344 e. The number of benzene rings is 1. The molecule has 0 bridgehead atoms. The molecule has 0 aliphatic heterocycles. The lowest BCUT2D eigenvalue weighted by Crippen LogP contribution is -2.08. The lowest BCUT2D eigenvalue weighted by Gasteiger charge is -2.01. The minimum Gasteiger partial charge on any atom is -0.455 e. The molecule has 0 spiro atoms. The fraction of sp³-hybridized carbons (Fsp3) is 0.235. The van der Waals surface area contributed by atoms with Gasteiger partial charge in [0.2, 0.25) is 0 Å². The van der Waals surface area contributed by atoms with Crippen molar-refractivity contribution in [3.8, 4) is 11.3 Å². The highest BCUT2D eigenvalue weighted by Crippen LogP contribution is 2.21. The Bertz CT molecular complexity index is 805. The third-order valence-corrected chi connectivity index (χ3v) is 3.44. The van der Waals surface area contributed by atoms with E-state index in [0.29, 0.717) is 34.9 Å². The number of aromatic nitrogens is 2. The van der Waals surface area contributed by atoms with Gasteiger partial charge >= 0.3 is 5.97 Å². The molecular weight excluding hydrogens is 296 g/mol. The number of rotatable bonds is 5. The quantitative estimate of drug-likeness (QED) is 0.670. The van der Waals surface area contributed by atoms with E-state index < -0.39 is 5.97 Å². The summed E-state index contributed by atoms with van der Waals surface area (Å²) in [4.78, 5) is 12.2. The van der Waals surface area contributed by atoms with Crippen molar-refractivity contribution in [1.82, 2.24) is 10.3 Å². The molecule has 0 radical (unpaired) electrons. The first kappa shape index (κ1) is 15.0. The number of nitrogens with zero attached hydrogens (tertiary/aromatic N) is 2. The fourth-order valence-corrected chi connectivity index (χ4v) is 2.25. The van der Waals surface area contributed by atoms with Gasteiger partial charge in [-0.25, -0.2) is 4.79 Å². The maximum absolute atomic E-state index is 12.2. The normalized spacial score (nSPS) is 10.7. The number of carbonyl (C=O) groups excluding carboxylic acids is 1. The summed E-state index contributed by atoms with van der Waals surface area (Å²) in [5.41, 5.74) is 2.45. The summed E-state index contributed by atoms with van der Waals surface area (Å²) in [6.45, 7) is 3.62. The van der Waals surface area contributed by atoms with E-state index in [0.717, 1.165) is 5.56 Å². The van der Waals surface area contributed by atoms with Gasteiger partial charge in [-0.1, -0.05) is 47.6 Å². The Morgan fingerprint density at radius 1 is 1.17 bits per heavy atom. The van der Waals surface area contributed by atoms with E-state index in [9.17, 15) is 4.79 Å². The Morgan fingerprint density at radius 3 is 2.70 bits per heavy atom. The predicted molar refractivity (Wildman–Crippen MR) is 81.7 cm³/mol. The number of hydrogen-bond acceptors (Lipinski definition) is 6. The average Bonchev–Trinajstić information content (AvgIpc) is 3.20. The van der Waals surface area contributed by atoms with Crippen molar-refractivity contribution in [2.45, 2.75) is 26.9 Å². The number of ether oxygens (including phenoxy) is 1. The van der Waals surface area contributed by atoms with Gasteiger partial charge < -0.3 is 13.8 Å². The van der Waals surface area contributed by atoms with Gasteiger partial charge in [0.25, 0.3) is 0 Å². The number of esters is 1. The molecule has 0 fully saturated rings. The van der Waals surface area contributed by atoms with Crippen LogP contribution in [0.1, 0.15) is 34.4 Å². The zero-order valence-electron chi connectivity index (χ0n) is 12.9. The third kappa shape index (κ3) is 3.15. The number of carbonyl (C=O) groups is 1. The zero-order chi connectivity index (χ0) is 16.2. The Kier molecular flexibility index (Phi) is 4.23. The lowest BCUT2D eigenvalue weighted by atomic mass is 10.1. The molecule has 0 saturated carbocycles. The summed E-state index contributed by atoms with van der Waals surface area (Å²) in [7, 11) is 0. The summed E-state index contributed by atoms with van der Waals surface area (Å²) in [5.74, 6) is 0.619. The second-order valence-corrected chi connectivity index (χ2v) is 5.04. The van der Waals surface area contributed by atoms with Gasteiger partial charge in [-0.3, -0.25) is 0 Å². The maximum Gasteiger partial charge on any atom is 0.344 e. The van der Waals surface area contributed by atoms with E-state index in [4.69, 9.17) is 13.8 Å². The molecule has 1 aromatic carbocycles. The Balaban J connectivity index is 1.68. The lowest BCUT2D eigenvalue weighted by molar-refractivity contribution is 0.0461. The van der Waals surface area contributed by atoms with E-state index in [1.165, 1.54) is 0 Å². The van der Waals surface area contributed by atoms with Gasteiger partial charge in [0, 0.05) is 11.6 Å². The summed E-state index contributed by atoms with van der Waals surface area (Å²) in [6.07, 6.45) is 0.601. The van der Waals surface area contributed by atoms with Crippen LogP contribution in [0.25, 0.3) is 11.3 Å². The van der Waals surface area contributed by atoms with Crippen LogP contribution in [0.15, 0.2) is 45.4 Å². The highest BCUT2D eigenvalue weighted by atomic mass is 16.5. The van der Waals surface area contributed by atoms with Crippen LogP contribution in [0.5, 0.6) is 0 Å². The molecule has 0 unspecified atom stereocenters. The van der Waals surface area contributed by atoms with Gasteiger partial charge in [-0.2, -0.15) is 0 Å². The molecule has 0 amide bonds. The average molecular weight is 312 g/mol. The van der Waals surface area contributed by atoms with Crippen LogP contribution >= 0.6 is 0 Å². The number of hydrogen-bond donors (Lipinski definition) is 0. The van der Waals surface area contributed by atoms with Crippen LogP contribution in [0.2, 0.25) is 0 Å². The molecule has 6 nitrogen and oxygen atoms in total. The predicted octanol–water partition coefficient (Wildman–Crippen LogP) is 3.56. The van der Waals surface area contributed by atoms with Crippen LogP contribution in [0.4, 0.5) is 0 Å². The second kappa shape index (κ2) is 6.48. The van der Waals surface area contributed by atoms with Crippen molar-refractivity contribution in [2.24, 2.45) is 0 Å². The molecular formula is C17H16N2O4. The first-order valence-corrected chi connectivity index (χ1v) is 7.32. The van der Waals surface area contributed by atoms with Gasteiger partial charge in [-0.05, 0) is 13.3 Å². The van der Waals surface area contributed by atoms with Crippen molar-refractivity contribution in [1.29, 1.82) is 0 Å². The zero-order valence-corrected chi connectivity index (χ0v) is 12.9. The molecule has 0 N–H and O–H groups in total. The molecule has 3 aromatic rings. The third-order valence-electron chi connectivity index (χ3n) is 3.44. The second-order valence-electron chi connectivity index (χ2n) is 5.04. The van der Waals surface area contributed by atoms with Crippen LogP contribution in [-0.2, 0) is 17.8 Å². The van der Waals surface area contributed by atoms with Crippen LogP contribution in [-0.4, -0.2) is 16.3 Å². The van der Waals surface area contributed by atoms with Crippen LogP contribution in [0.3, 0.4) is 0 Å². The minimum absolute atomic E-state index is 0.0307. The Labute approximate surface area is 133 Å².